The van der Waals surface area contributed by atoms with Crippen LogP contribution in [0.2, 0.25) is 0 Å². The molecule has 0 fully saturated rings. The van der Waals surface area contributed by atoms with Gasteiger partial charge in [-0.3, -0.25) is 5.32 Å². The quantitative estimate of drug-likeness (QED) is 0.558. The van der Waals surface area contributed by atoms with Gasteiger partial charge in [-0.1, -0.05) is 37.6 Å². The fraction of sp³-hybridized carbons (Fsp3) is 0.222. The lowest BCUT2D eigenvalue weighted by molar-refractivity contribution is 0.160. The molecule has 3 rings (SSSR count). The Kier molecular flexibility index (Phi) is 4.19. The number of fused-ring (bicyclic) bond motifs is 2. The summed E-state index contributed by atoms with van der Waals surface area (Å²) in [6.07, 6.45) is 1.45. The predicted molar refractivity (Wildman–Crippen MR) is 89.1 cm³/mol. The van der Waals surface area contributed by atoms with Crippen molar-refractivity contribution in [3.8, 4) is 0 Å². The van der Waals surface area contributed by atoms with Crippen LogP contribution in [0.4, 0.5) is 10.5 Å². The highest BCUT2D eigenvalue weighted by Gasteiger charge is 2.05. The summed E-state index contributed by atoms with van der Waals surface area (Å²) in [5.41, 5.74) is 2.49. The van der Waals surface area contributed by atoms with Crippen molar-refractivity contribution in [1.82, 2.24) is 4.98 Å². The third-order valence-electron chi connectivity index (χ3n) is 3.50. The minimum absolute atomic E-state index is 0.423. The number of nitrogens with zero attached hydrogens (tertiary/aromatic N) is 1. The molecule has 0 saturated heterocycles. The highest BCUT2D eigenvalue weighted by Crippen LogP contribution is 2.22. The topological polar surface area (TPSA) is 51.2 Å². The number of pyridine rings is 1. The fourth-order valence-corrected chi connectivity index (χ4v) is 2.31. The van der Waals surface area contributed by atoms with Gasteiger partial charge in [0.1, 0.15) is 0 Å². The maximum absolute atomic E-state index is 11.7. The van der Waals surface area contributed by atoms with E-state index in [-0.39, 0.29) is 0 Å². The van der Waals surface area contributed by atoms with Crippen LogP contribution >= 0.6 is 0 Å². The van der Waals surface area contributed by atoms with Crippen molar-refractivity contribution in [2.45, 2.75) is 19.8 Å². The molecule has 0 aliphatic rings. The smallest absolute Gasteiger partial charge is 0.411 e. The molecule has 2 aromatic carbocycles. The standard InChI is InChI=1S/C18H18N2O2/c1-2-3-10-22-18(21)19-15-9-8-14-11-13-6-4-5-7-16(13)20-17(14)12-15/h4-9,11-12H,2-3,10H2,1H3,(H,19,21). The molecule has 112 valence electrons. The molecule has 0 saturated carbocycles. The van der Waals surface area contributed by atoms with E-state index in [1.54, 1.807) is 0 Å². The van der Waals surface area contributed by atoms with Crippen LogP contribution in [0.15, 0.2) is 48.5 Å². The van der Waals surface area contributed by atoms with Crippen LogP contribution < -0.4 is 5.32 Å². The molecule has 1 amide bonds. The van der Waals surface area contributed by atoms with Gasteiger partial charge in [0.05, 0.1) is 17.6 Å². The number of hydrogen-bond donors (Lipinski definition) is 1. The van der Waals surface area contributed by atoms with Crippen molar-refractivity contribution in [1.29, 1.82) is 0 Å². The van der Waals surface area contributed by atoms with E-state index in [9.17, 15) is 4.79 Å². The molecule has 0 unspecified atom stereocenters. The average Bonchev–Trinajstić information content (AvgIpc) is 2.53. The highest BCUT2D eigenvalue weighted by molar-refractivity contribution is 5.95. The van der Waals surface area contributed by atoms with E-state index in [1.807, 2.05) is 42.5 Å². The lowest BCUT2D eigenvalue weighted by Crippen LogP contribution is -2.14. The lowest BCUT2D eigenvalue weighted by Gasteiger charge is -2.08. The van der Waals surface area contributed by atoms with E-state index < -0.39 is 6.09 Å². The van der Waals surface area contributed by atoms with Gasteiger partial charge in [-0.15, -0.1) is 0 Å². The maximum atomic E-state index is 11.7. The Balaban J connectivity index is 1.83. The molecule has 1 aromatic heterocycles. The number of ether oxygens (including phenoxy) is 1. The van der Waals surface area contributed by atoms with Gasteiger partial charge in [0.25, 0.3) is 0 Å². The van der Waals surface area contributed by atoms with E-state index in [0.29, 0.717) is 12.3 Å². The van der Waals surface area contributed by atoms with Crippen LogP contribution in [0.25, 0.3) is 21.8 Å². The summed E-state index contributed by atoms with van der Waals surface area (Å²) in [6, 6.07) is 15.8. The number of amides is 1. The maximum Gasteiger partial charge on any atom is 0.411 e. The predicted octanol–water partition coefficient (Wildman–Crippen LogP) is 4.74. The molecule has 4 heteroatoms. The number of para-hydroxylation sites is 1. The summed E-state index contributed by atoms with van der Waals surface area (Å²) in [7, 11) is 0. The van der Waals surface area contributed by atoms with Crippen molar-refractivity contribution in [3.05, 3.63) is 48.5 Å². The van der Waals surface area contributed by atoms with Crippen LogP contribution in [0.5, 0.6) is 0 Å². The monoisotopic (exact) mass is 294 g/mol. The Hall–Kier alpha value is -2.62. The summed E-state index contributed by atoms with van der Waals surface area (Å²) in [5.74, 6) is 0. The zero-order chi connectivity index (χ0) is 15.4. The number of benzene rings is 2. The van der Waals surface area contributed by atoms with E-state index in [1.165, 1.54) is 0 Å². The molecule has 0 aliphatic carbocycles. The van der Waals surface area contributed by atoms with Crippen LogP contribution in [0.3, 0.4) is 0 Å². The van der Waals surface area contributed by atoms with Gasteiger partial charge in [0.2, 0.25) is 0 Å². The van der Waals surface area contributed by atoms with E-state index in [2.05, 4.69) is 23.3 Å². The molecule has 0 bridgehead atoms. The number of rotatable bonds is 4. The summed E-state index contributed by atoms with van der Waals surface area (Å²) < 4.78 is 5.10. The summed E-state index contributed by atoms with van der Waals surface area (Å²) >= 11 is 0. The van der Waals surface area contributed by atoms with Gasteiger partial charge in [0.15, 0.2) is 0 Å². The molecule has 0 radical (unpaired) electrons. The first-order valence-electron chi connectivity index (χ1n) is 7.49. The van der Waals surface area contributed by atoms with Gasteiger partial charge in [-0.25, -0.2) is 9.78 Å². The summed E-state index contributed by atoms with van der Waals surface area (Å²) in [5, 5.41) is 4.89. The first-order chi connectivity index (χ1) is 10.8. The molecular formula is C18H18N2O2. The van der Waals surface area contributed by atoms with Crippen molar-refractivity contribution < 1.29 is 9.53 Å². The zero-order valence-corrected chi connectivity index (χ0v) is 12.5. The number of carbonyl (C=O) groups is 1. The molecule has 22 heavy (non-hydrogen) atoms. The number of anilines is 1. The molecular weight excluding hydrogens is 276 g/mol. The first-order valence-corrected chi connectivity index (χ1v) is 7.49. The van der Waals surface area contributed by atoms with Crippen LogP contribution in [0, 0.1) is 0 Å². The number of unbranched alkanes of at least 4 members (excludes halogenated alkanes) is 1. The first kappa shape index (κ1) is 14.3. The highest BCUT2D eigenvalue weighted by atomic mass is 16.5. The second-order valence-electron chi connectivity index (χ2n) is 5.20. The largest absolute Gasteiger partial charge is 0.449 e. The second kappa shape index (κ2) is 6.43. The van der Waals surface area contributed by atoms with Crippen molar-refractivity contribution in [2.24, 2.45) is 0 Å². The fourth-order valence-electron chi connectivity index (χ4n) is 2.31. The molecule has 1 N–H and O–H groups in total. The van der Waals surface area contributed by atoms with Gasteiger partial charge in [-0.05, 0) is 30.7 Å². The summed E-state index contributed by atoms with van der Waals surface area (Å²) in [6.45, 7) is 2.50. The molecule has 4 nitrogen and oxygen atoms in total. The number of nitrogens with one attached hydrogen (secondary N) is 1. The molecule has 1 heterocycles. The second-order valence-corrected chi connectivity index (χ2v) is 5.20. The Morgan fingerprint density at radius 1 is 1.09 bits per heavy atom. The lowest BCUT2D eigenvalue weighted by atomic mass is 10.1. The van der Waals surface area contributed by atoms with Gasteiger partial charge in [-0.2, -0.15) is 0 Å². The number of hydrogen-bond acceptors (Lipinski definition) is 3. The van der Waals surface area contributed by atoms with Crippen LogP contribution in [0.1, 0.15) is 19.8 Å². The normalized spacial score (nSPS) is 10.8. The number of carbonyl (C=O) groups excluding carboxylic acids is 1. The van der Waals surface area contributed by atoms with Crippen molar-refractivity contribution in [3.63, 3.8) is 0 Å². The molecule has 0 aliphatic heterocycles. The molecule has 3 aromatic rings. The Labute approximate surface area is 129 Å². The van der Waals surface area contributed by atoms with Crippen molar-refractivity contribution in [2.75, 3.05) is 11.9 Å². The van der Waals surface area contributed by atoms with Crippen LogP contribution in [-0.2, 0) is 4.74 Å². The molecule has 0 spiro atoms. The van der Waals surface area contributed by atoms with Gasteiger partial charge < -0.3 is 4.74 Å². The van der Waals surface area contributed by atoms with Gasteiger partial charge >= 0.3 is 6.09 Å². The summed E-state index contributed by atoms with van der Waals surface area (Å²) in [4.78, 5) is 16.3. The Morgan fingerprint density at radius 3 is 2.77 bits per heavy atom. The third-order valence-corrected chi connectivity index (χ3v) is 3.50. The SMILES string of the molecule is CCCCOC(=O)Nc1ccc2cc3ccccc3nc2c1. The van der Waals surface area contributed by atoms with E-state index in [0.717, 1.165) is 34.6 Å². The average molecular weight is 294 g/mol. The zero-order valence-electron chi connectivity index (χ0n) is 12.5. The Morgan fingerprint density at radius 2 is 1.91 bits per heavy atom. The van der Waals surface area contributed by atoms with E-state index in [4.69, 9.17) is 4.74 Å². The third kappa shape index (κ3) is 3.17. The minimum Gasteiger partial charge on any atom is -0.449 e. The van der Waals surface area contributed by atoms with Crippen LogP contribution in [-0.4, -0.2) is 17.7 Å². The van der Waals surface area contributed by atoms with E-state index >= 15 is 0 Å². The molecule has 0 atom stereocenters. The van der Waals surface area contributed by atoms with Gasteiger partial charge in [0, 0.05) is 16.5 Å². The Bertz CT molecular complexity index is 814. The van der Waals surface area contributed by atoms with Crippen molar-refractivity contribution >= 4 is 33.6 Å². The minimum atomic E-state index is -0.423. The number of aromatic nitrogens is 1.